The van der Waals surface area contributed by atoms with E-state index in [2.05, 4.69) is 10.6 Å². The largest absolute Gasteiger partial charge is 0.492 e. The first-order valence-electron chi connectivity index (χ1n) is 11.2. The number of nitrogens with one attached hydrogen (secondary N) is 2. The molecule has 0 bridgehead atoms. The number of amides is 2. The number of anilines is 2. The lowest BCUT2D eigenvalue weighted by molar-refractivity contribution is -0.120. The quantitative estimate of drug-likeness (QED) is 0.672. The van der Waals surface area contributed by atoms with Crippen molar-refractivity contribution in [3.8, 4) is 11.5 Å². The van der Waals surface area contributed by atoms with E-state index in [0.717, 1.165) is 43.4 Å². The number of benzene rings is 2. The van der Waals surface area contributed by atoms with Crippen LogP contribution in [0.5, 0.6) is 11.5 Å². The lowest BCUT2D eigenvalue weighted by atomic mass is 9.88. The minimum absolute atomic E-state index is 0.0424. The minimum Gasteiger partial charge on any atom is -0.492 e. The summed E-state index contributed by atoms with van der Waals surface area (Å²) in [6, 6.07) is 10.8. The van der Waals surface area contributed by atoms with Gasteiger partial charge in [-0.3, -0.25) is 9.59 Å². The number of hydrogen-bond acceptors (Lipinski definition) is 4. The second-order valence-electron chi connectivity index (χ2n) is 8.38. The van der Waals surface area contributed by atoms with Crippen molar-refractivity contribution in [2.24, 2.45) is 5.92 Å². The lowest BCUT2D eigenvalue weighted by Gasteiger charge is -2.20. The van der Waals surface area contributed by atoms with Crippen molar-refractivity contribution in [2.75, 3.05) is 17.2 Å². The smallest absolute Gasteiger partial charge is 0.255 e. The molecule has 1 heterocycles. The third-order valence-electron chi connectivity index (χ3n) is 5.91. The van der Waals surface area contributed by atoms with Gasteiger partial charge in [0.1, 0.15) is 17.6 Å². The van der Waals surface area contributed by atoms with Gasteiger partial charge in [0.25, 0.3) is 5.91 Å². The number of fused-ring (bicyclic) bond motifs is 1. The van der Waals surface area contributed by atoms with Crippen LogP contribution in [0.3, 0.4) is 0 Å². The van der Waals surface area contributed by atoms with E-state index in [0.29, 0.717) is 29.3 Å². The number of carbonyl (C=O) groups is 2. The Labute approximate surface area is 183 Å². The topological polar surface area (TPSA) is 76.7 Å². The molecule has 1 aliphatic heterocycles. The van der Waals surface area contributed by atoms with Gasteiger partial charge in [-0.15, -0.1) is 0 Å². The maximum Gasteiger partial charge on any atom is 0.255 e. The molecule has 1 aliphatic carbocycles. The summed E-state index contributed by atoms with van der Waals surface area (Å²) in [4.78, 5) is 25.5. The molecule has 1 unspecified atom stereocenters. The number of ether oxygens (including phenoxy) is 2. The van der Waals surface area contributed by atoms with Crippen LogP contribution >= 0.6 is 0 Å². The van der Waals surface area contributed by atoms with Gasteiger partial charge < -0.3 is 20.1 Å². The van der Waals surface area contributed by atoms with Gasteiger partial charge in [-0.2, -0.15) is 0 Å². The van der Waals surface area contributed by atoms with Gasteiger partial charge in [0.2, 0.25) is 5.91 Å². The molecule has 0 aromatic heterocycles. The first kappa shape index (κ1) is 21.2. The normalized spacial score (nSPS) is 18.1. The van der Waals surface area contributed by atoms with Crippen LogP contribution in [0.15, 0.2) is 36.4 Å². The van der Waals surface area contributed by atoms with E-state index >= 15 is 0 Å². The van der Waals surface area contributed by atoms with Gasteiger partial charge in [-0.1, -0.05) is 25.3 Å². The first-order chi connectivity index (χ1) is 15.0. The van der Waals surface area contributed by atoms with Crippen LogP contribution in [0.2, 0.25) is 0 Å². The molecular formula is C25H30N2O4. The van der Waals surface area contributed by atoms with Crippen LogP contribution < -0.4 is 20.1 Å². The maximum absolute atomic E-state index is 13.0. The number of hydrogen-bond donors (Lipinski definition) is 2. The fourth-order valence-electron chi connectivity index (χ4n) is 4.35. The maximum atomic E-state index is 13.0. The molecule has 0 spiro atoms. The molecule has 0 radical (unpaired) electrons. The molecule has 2 aliphatic rings. The molecule has 6 nitrogen and oxygen atoms in total. The molecule has 2 N–H and O–H groups in total. The standard InChI is InChI=1S/C25H30N2O4/c1-3-30-23-14-19-12-16(2)31-22(19)15-21(23)27-25(29)18-10-7-11-20(13-18)26-24(28)17-8-5-4-6-9-17/h7,10-11,13-17H,3-6,8-9,12H2,1-2H3,(H,26,28)(H,27,29). The average molecular weight is 423 g/mol. The third-order valence-corrected chi connectivity index (χ3v) is 5.91. The highest BCUT2D eigenvalue weighted by molar-refractivity contribution is 6.06. The Morgan fingerprint density at radius 3 is 2.68 bits per heavy atom. The molecule has 1 atom stereocenters. The summed E-state index contributed by atoms with van der Waals surface area (Å²) in [6.45, 7) is 4.43. The van der Waals surface area contributed by atoms with Crippen molar-refractivity contribution in [1.82, 2.24) is 0 Å². The molecule has 2 aromatic carbocycles. The van der Waals surface area contributed by atoms with Crippen molar-refractivity contribution in [1.29, 1.82) is 0 Å². The van der Waals surface area contributed by atoms with Crippen LogP contribution in [0.1, 0.15) is 61.9 Å². The van der Waals surface area contributed by atoms with E-state index in [4.69, 9.17) is 9.47 Å². The van der Waals surface area contributed by atoms with Gasteiger partial charge in [0.15, 0.2) is 0 Å². The highest BCUT2D eigenvalue weighted by Crippen LogP contribution is 2.38. The van der Waals surface area contributed by atoms with Gasteiger partial charge in [0.05, 0.1) is 12.3 Å². The molecule has 6 heteroatoms. The molecular weight excluding hydrogens is 392 g/mol. The molecule has 0 saturated heterocycles. The molecule has 4 rings (SSSR count). The summed E-state index contributed by atoms with van der Waals surface area (Å²) >= 11 is 0. The van der Waals surface area contributed by atoms with Crippen molar-refractivity contribution in [2.45, 2.75) is 58.5 Å². The summed E-state index contributed by atoms with van der Waals surface area (Å²) < 4.78 is 11.6. The summed E-state index contributed by atoms with van der Waals surface area (Å²) in [5, 5.41) is 5.92. The molecule has 2 aromatic rings. The van der Waals surface area contributed by atoms with Gasteiger partial charge in [-0.05, 0) is 51.0 Å². The number of rotatable bonds is 6. The highest BCUT2D eigenvalue weighted by atomic mass is 16.5. The molecule has 1 saturated carbocycles. The zero-order valence-corrected chi connectivity index (χ0v) is 18.2. The molecule has 1 fully saturated rings. The summed E-state index contributed by atoms with van der Waals surface area (Å²) in [5.41, 5.74) is 2.77. The van der Waals surface area contributed by atoms with Crippen molar-refractivity contribution in [3.63, 3.8) is 0 Å². The van der Waals surface area contributed by atoms with Crippen molar-refractivity contribution >= 4 is 23.2 Å². The van der Waals surface area contributed by atoms with Crippen LogP contribution in [0.25, 0.3) is 0 Å². The van der Waals surface area contributed by atoms with Crippen LogP contribution in [-0.4, -0.2) is 24.5 Å². The van der Waals surface area contributed by atoms with E-state index in [1.807, 2.05) is 32.0 Å². The van der Waals surface area contributed by atoms with E-state index in [9.17, 15) is 9.59 Å². The van der Waals surface area contributed by atoms with Crippen molar-refractivity contribution < 1.29 is 19.1 Å². The molecule has 2 amide bonds. The molecule has 164 valence electrons. The van der Waals surface area contributed by atoms with Crippen LogP contribution in [-0.2, 0) is 11.2 Å². The lowest BCUT2D eigenvalue weighted by Crippen LogP contribution is -2.24. The fourth-order valence-corrected chi connectivity index (χ4v) is 4.35. The average Bonchev–Trinajstić information content (AvgIpc) is 3.13. The monoisotopic (exact) mass is 422 g/mol. The second-order valence-corrected chi connectivity index (χ2v) is 8.38. The summed E-state index contributed by atoms with van der Waals surface area (Å²) in [7, 11) is 0. The summed E-state index contributed by atoms with van der Waals surface area (Å²) in [6.07, 6.45) is 6.22. The van der Waals surface area contributed by atoms with E-state index in [-0.39, 0.29) is 23.8 Å². The van der Waals surface area contributed by atoms with Gasteiger partial charge in [-0.25, -0.2) is 0 Å². The third kappa shape index (κ3) is 5.01. The van der Waals surface area contributed by atoms with E-state index < -0.39 is 0 Å². The SMILES string of the molecule is CCOc1cc2c(cc1NC(=O)c1cccc(NC(=O)C3CCCCC3)c1)OC(C)C2. The van der Waals surface area contributed by atoms with E-state index in [1.165, 1.54) is 6.42 Å². The Hall–Kier alpha value is -3.02. The fraction of sp³-hybridized carbons (Fsp3) is 0.440. The Kier molecular flexibility index (Phi) is 6.44. The number of carbonyl (C=O) groups excluding carboxylic acids is 2. The Morgan fingerprint density at radius 2 is 1.90 bits per heavy atom. The predicted octanol–water partition coefficient (Wildman–Crippen LogP) is 5.18. The molecule has 31 heavy (non-hydrogen) atoms. The van der Waals surface area contributed by atoms with Crippen LogP contribution in [0.4, 0.5) is 11.4 Å². The van der Waals surface area contributed by atoms with Crippen molar-refractivity contribution in [3.05, 3.63) is 47.5 Å². The van der Waals surface area contributed by atoms with E-state index in [1.54, 1.807) is 18.2 Å². The second kappa shape index (κ2) is 9.41. The zero-order chi connectivity index (χ0) is 21.8. The Morgan fingerprint density at radius 1 is 1.10 bits per heavy atom. The van der Waals surface area contributed by atoms with Gasteiger partial charge >= 0.3 is 0 Å². The minimum atomic E-state index is -0.263. The highest BCUT2D eigenvalue weighted by Gasteiger charge is 2.24. The Balaban J connectivity index is 1.48. The van der Waals surface area contributed by atoms with Gasteiger partial charge in [0, 0.05) is 35.2 Å². The van der Waals surface area contributed by atoms with Crippen LogP contribution in [0, 0.1) is 5.92 Å². The summed E-state index contributed by atoms with van der Waals surface area (Å²) in [5.74, 6) is 1.25. The Bertz CT molecular complexity index is 966. The first-order valence-corrected chi connectivity index (χ1v) is 11.2. The zero-order valence-electron chi connectivity index (χ0n) is 18.2. The predicted molar refractivity (Wildman–Crippen MR) is 121 cm³/mol.